The lowest BCUT2D eigenvalue weighted by Gasteiger charge is -2.14. The van der Waals surface area contributed by atoms with E-state index in [2.05, 4.69) is 11.4 Å². The van der Waals surface area contributed by atoms with Gasteiger partial charge in [0.15, 0.2) is 0 Å². The average molecular weight is 252 g/mol. The molecule has 0 heterocycles. The molecule has 0 radical (unpaired) electrons. The number of nitriles is 1. The Kier molecular flexibility index (Phi) is 3.58. The monoisotopic (exact) mass is 252 g/mol. The van der Waals surface area contributed by atoms with Gasteiger partial charge in [0.2, 0.25) is 0 Å². The molecule has 0 saturated carbocycles. The molecule has 0 bridgehead atoms. The van der Waals surface area contributed by atoms with Crippen LogP contribution in [0, 0.1) is 11.3 Å². The minimum atomic E-state index is 0.585. The fourth-order valence-corrected chi connectivity index (χ4v) is 1.73. The van der Waals surface area contributed by atoms with Gasteiger partial charge in [0.25, 0.3) is 0 Å². The predicted molar refractivity (Wildman–Crippen MR) is 79.6 cm³/mol. The number of nitrogen functional groups attached to an aromatic ring is 1. The molecule has 0 amide bonds. The number of rotatable bonds is 3. The third kappa shape index (κ3) is 2.96. The third-order valence-corrected chi connectivity index (χ3v) is 2.85. The molecule has 0 aliphatic heterocycles. The van der Waals surface area contributed by atoms with Crippen LogP contribution in [-0.2, 0) is 0 Å². The highest BCUT2D eigenvalue weighted by Gasteiger charge is 2.02. The molecule has 3 N–H and O–H groups in total. The minimum Gasteiger partial charge on any atom is -0.397 e. The largest absolute Gasteiger partial charge is 0.397 e. The number of hydrogen-bond acceptors (Lipinski definition) is 4. The smallest absolute Gasteiger partial charge is 0.0992 e. The maximum absolute atomic E-state index is 8.89. The van der Waals surface area contributed by atoms with E-state index in [1.807, 2.05) is 43.3 Å². The molecule has 0 aliphatic rings. The minimum absolute atomic E-state index is 0.585. The van der Waals surface area contributed by atoms with Gasteiger partial charge in [0, 0.05) is 25.5 Å². The van der Waals surface area contributed by atoms with Crippen molar-refractivity contribution in [3.05, 3.63) is 48.0 Å². The van der Waals surface area contributed by atoms with E-state index >= 15 is 0 Å². The van der Waals surface area contributed by atoms with Crippen LogP contribution < -0.4 is 16.0 Å². The fraction of sp³-hybridized carbons (Fsp3) is 0.133. The van der Waals surface area contributed by atoms with E-state index in [0.717, 1.165) is 17.1 Å². The van der Waals surface area contributed by atoms with Gasteiger partial charge in [-0.15, -0.1) is 0 Å². The summed E-state index contributed by atoms with van der Waals surface area (Å²) in [6, 6.07) is 15.3. The van der Waals surface area contributed by atoms with E-state index < -0.39 is 0 Å². The number of nitrogens with zero attached hydrogens (tertiary/aromatic N) is 2. The molecule has 0 aromatic heterocycles. The van der Waals surface area contributed by atoms with Gasteiger partial charge in [0.05, 0.1) is 23.0 Å². The Morgan fingerprint density at radius 3 is 2.37 bits per heavy atom. The van der Waals surface area contributed by atoms with Crippen molar-refractivity contribution in [3.8, 4) is 6.07 Å². The Balaban J connectivity index is 2.24. The first-order valence-corrected chi connectivity index (χ1v) is 5.94. The molecular weight excluding hydrogens is 236 g/mol. The molecule has 2 rings (SSSR count). The van der Waals surface area contributed by atoms with Gasteiger partial charge in [-0.2, -0.15) is 5.26 Å². The number of anilines is 4. The highest BCUT2D eigenvalue weighted by atomic mass is 15.1. The quantitative estimate of drug-likeness (QED) is 0.824. The summed E-state index contributed by atoms with van der Waals surface area (Å²) in [6.07, 6.45) is 0. The molecular formula is C15H16N4. The Morgan fingerprint density at radius 2 is 1.79 bits per heavy atom. The Morgan fingerprint density at radius 1 is 1.11 bits per heavy atom. The number of nitrogens with one attached hydrogen (secondary N) is 1. The average Bonchev–Trinajstić information content (AvgIpc) is 2.42. The van der Waals surface area contributed by atoms with Crippen LogP contribution in [0.25, 0.3) is 0 Å². The van der Waals surface area contributed by atoms with E-state index in [0.29, 0.717) is 11.3 Å². The number of nitrogens with two attached hydrogens (primary N) is 1. The molecule has 0 spiro atoms. The summed E-state index contributed by atoms with van der Waals surface area (Å²) in [5.41, 5.74) is 9.91. The molecule has 0 atom stereocenters. The van der Waals surface area contributed by atoms with Crippen molar-refractivity contribution in [2.24, 2.45) is 0 Å². The van der Waals surface area contributed by atoms with Crippen LogP contribution in [0.2, 0.25) is 0 Å². The van der Waals surface area contributed by atoms with E-state index in [-0.39, 0.29) is 0 Å². The molecule has 0 aliphatic carbocycles. The summed E-state index contributed by atoms with van der Waals surface area (Å²) in [7, 11) is 3.99. The van der Waals surface area contributed by atoms with Crippen molar-refractivity contribution >= 4 is 22.7 Å². The molecule has 2 aromatic carbocycles. The summed E-state index contributed by atoms with van der Waals surface area (Å²) in [6.45, 7) is 0. The SMILES string of the molecule is CN(C)c1ccc(Nc2cc(C#N)ccc2N)cc1. The number of benzene rings is 2. The van der Waals surface area contributed by atoms with Gasteiger partial charge in [-0.05, 0) is 42.5 Å². The zero-order valence-corrected chi connectivity index (χ0v) is 11.0. The zero-order valence-electron chi connectivity index (χ0n) is 11.0. The predicted octanol–water partition coefficient (Wildman–Crippen LogP) is 2.95. The molecule has 4 nitrogen and oxygen atoms in total. The molecule has 2 aromatic rings. The highest BCUT2D eigenvalue weighted by molar-refractivity contribution is 5.74. The molecule has 4 heteroatoms. The lowest BCUT2D eigenvalue weighted by Crippen LogP contribution is -2.08. The van der Waals surface area contributed by atoms with E-state index in [1.165, 1.54) is 0 Å². The van der Waals surface area contributed by atoms with E-state index in [4.69, 9.17) is 11.0 Å². The van der Waals surface area contributed by atoms with Crippen molar-refractivity contribution < 1.29 is 0 Å². The standard InChI is InChI=1S/C15H16N4/c1-19(2)13-6-4-12(5-7-13)18-15-9-11(10-16)3-8-14(15)17/h3-9,18H,17H2,1-2H3. The first kappa shape index (κ1) is 12.8. The Bertz CT molecular complexity index is 609. The molecule has 19 heavy (non-hydrogen) atoms. The summed E-state index contributed by atoms with van der Waals surface area (Å²) in [5, 5.41) is 12.1. The van der Waals surface area contributed by atoms with Gasteiger partial charge in [-0.3, -0.25) is 0 Å². The molecule has 96 valence electrons. The molecule has 0 saturated heterocycles. The first-order chi connectivity index (χ1) is 9.10. The van der Waals surface area contributed by atoms with Crippen LogP contribution in [0.15, 0.2) is 42.5 Å². The van der Waals surface area contributed by atoms with Gasteiger partial charge in [0.1, 0.15) is 0 Å². The second-order valence-electron chi connectivity index (χ2n) is 4.48. The van der Waals surface area contributed by atoms with E-state index in [9.17, 15) is 0 Å². The number of hydrogen-bond donors (Lipinski definition) is 2. The van der Waals surface area contributed by atoms with Crippen LogP contribution in [0.4, 0.5) is 22.7 Å². The van der Waals surface area contributed by atoms with Gasteiger partial charge < -0.3 is 16.0 Å². The maximum Gasteiger partial charge on any atom is 0.0992 e. The van der Waals surface area contributed by atoms with Crippen LogP contribution >= 0.6 is 0 Å². The topological polar surface area (TPSA) is 65.1 Å². The Labute approximate surface area is 113 Å². The van der Waals surface area contributed by atoms with Crippen molar-refractivity contribution in [3.63, 3.8) is 0 Å². The maximum atomic E-state index is 8.89. The summed E-state index contributed by atoms with van der Waals surface area (Å²) < 4.78 is 0. The van der Waals surface area contributed by atoms with Crippen LogP contribution in [-0.4, -0.2) is 14.1 Å². The van der Waals surface area contributed by atoms with E-state index in [1.54, 1.807) is 18.2 Å². The van der Waals surface area contributed by atoms with Gasteiger partial charge >= 0.3 is 0 Å². The highest BCUT2D eigenvalue weighted by Crippen LogP contribution is 2.25. The third-order valence-electron chi connectivity index (χ3n) is 2.85. The molecule has 0 fully saturated rings. The van der Waals surface area contributed by atoms with Crippen LogP contribution in [0.1, 0.15) is 5.56 Å². The lowest BCUT2D eigenvalue weighted by molar-refractivity contribution is 1.13. The lowest BCUT2D eigenvalue weighted by atomic mass is 10.2. The zero-order chi connectivity index (χ0) is 13.8. The normalized spacial score (nSPS) is 9.74. The fourth-order valence-electron chi connectivity index (χ4n) is 1.73. The summed E-state index contributed by atoms with van der Waals surface area (Å²) in [4.78, 5) is 2.04. The first-order valence-electron chi connectivity index (χ1n) is 5.94. The van der Waals surface area contributed by atoms with Crippen LogP contribution in [0.5, 0.6) is 0 Å². The Hall–Kier alpha value is -2.67. The molecule has 0 unspecified atom stereocenters. The van der Waals surface area contributed by atoms with Crippen molar-refractivity contribution in [1.82, 2.24) is 0 Å². The van der Waals surface area contributed by atoms with Crippen molar-refractivity contribution in [2.75, 3.05) is 30.0 Å². The van der Waals surface area contributed by atoms with Crippen LogP contribution in [0.3, 0.4) is 0 Å². The summed E-state index contributed by atoms with van der Waals surface area (Å²) >= 11 is 0. The summed E-state index contributed by atoms with van der Waals surface area (Å²) in [5.74, 6) is 0. The van der Waals surface area contributed by atoms with Gasteiger partial charge in [-0.25, -0.2) is 0 Å². The second kappa shape index (κ2) is 5.32. The van der Waals surface area contributed by atoms with Crippen molar-refractivity contribution in [1.29, 1.82) is 5.26 Å². The second-order valence-corrected chi connectivity index (χ2v) is 4.48. The van der Waals surface area contributed by atoms with Crippen molar-refractivity contribution in [2.45, 2.75) is 0 Å². The van der Waals surface area contributed by atoms with Gasteiger partial charge in [-0.1, -0.05) is 0 Å².